The lowest BCUT2D eigenvalue weighted by atomic mass is 10.1. The largest absolute Gasteiger partial charge is 0.417 e. The predicted molar refractivity (Wildman–Crippen MR) is 63.5 cm³/mol. The molecule has 5 nitrogen and oxygen atoms in total. The lowest BCUT2D eigenvalue weighted by Crippen LogP contribution is -2.13. The highest BCUT2D eigenvalue weighted by molar-refractivity contribution is 5.61. The van der Waals surface area contributed by atoms with E-state index in [2.05, 4.69) is 16.2 Å². The van der Waals surface area contributed by atoms with E-state index in [1.165, 1.54) is 25.1 Å². The van der Waals surface area contributed by atoms with Crippen LogP contribution < -0.4 is 5.84 Å². The molecular weight excluding hydrogens is 273 g/mol. The molecule has 0 unspecified atom stereocenters. The highest BCUT2D eigenvalue weighted by atomic mass is 19.4. The Bertz CT molecular complexity index is 670. The molecule has 0 amide bonds. The number of nitroso groups, excluding NO2 is 1. The third kappa shape index (κ3) is 2.58. The van der Waals surface area contributed by atoms with E-state index >= 15 is 0 Å². The zero-order valence-electron chi connectivity index (χ0n) is 10.3. The van der Waals surface area contributed by atoms with Crippen LogP contribution in [0.25, 0.3) is 11.4 Å². The Labute approximate surface area is 111 Å². The molecule has 0 fully saturated rings. The second-order valence-corrected chi connectivity index (χ2v) is 3.96. The van der Waals surface area contributed by atoms with Gasteiger partial charge in [0.05, 0.1) is 10.5 Å². The van der Waals surface area contributed by atoms with Crippen molar-refractivity contribution in [2.45, 2.75) is 13.1 Å². The van der Waals surface area contributed by atoms with E-state index in [-0.39, 0.29) is 27.6 Å². The lowest BCUT2D eigenvalue weighted by Gasteiger charge is -2.11. The molecule has 0 aliphatic heterocycles. The molecule has 0 bridgehead atoms. The topological polar surface area (TPSA) is 71.9 Å². The molecule has 1 aromatic heterocycles. The number of benzene rings is 1. The van der Waals surface area contributed by atoms with Crippen molar-refractivity contribution in [2.24, 2.45) is 5.84 Å². The molecule has 0 spiro atoms. The number of hydrazine groups is 1. The van der Waals surface area contributed by atoms with Gasteiger partial charge in [0.2, 0.25) is 0 Å². The van der Waals surface area contributed by atoms with E-state index in [0.717, 1.165) is 6.07 Å². The molecule has 1 aromatic carbocycles. The van der Waals surface area contributed by atoms with Crippen molar-refractivity contribution in [1.29, 1.82) is 0 Å². The van der Waals surface area contributed by atoms with Gasteiger partial charge in [-0.3, -0.25) is 0 Å². The van der Waals surface area contributed by atoms with Gasteiger partial charge < -0.3 is 0 Å². The first-order valence-electron chi connectivity index (χ1n) is 5.45. The van der Waals surface area contributed by atoms with Crippen LogP contribution in [0.5, 0.6) is 0 Å². The number of halogens is 3. The molecule has 0 saturated carbocycles. The summed E-state index contributed by atoms with van der Waals surface area (Å²) in [7, 11) is 0. The summed E-state index contributed by atoms with van der Waals surface area (Å²) in [5, 5.41) is 0. The Morgan fingerprint density at radius 1 is 1.30 bits per heavy atom. The summed E-state index contributed by atoms with van der Waals surface area (Å²) >= 11 is 0. The van der Waals surface area contributed by atoms with Gasteiger partial charge in [0, 0.05) is 5.56 Å². The second-order valence-electron chi connectivity index (χ2n) is 3.96. The summed E-state index contributed by atoms with van der Waals surface area (Å²) in [5.74, 6) is 4.82. The molecule has 0 aliphatic carbocycles. The minimum Gasteiger partial charge on any atom is -0.226 e. The van der Waals surface area contributed by atoms with Gasteiger partial charge in [-0.2, -0.15) is 19.0 Å². The van der Waals surface area contributed by atoms with Gasteiger partial charge in [0.25, 0.3) is 0 Å². The maximum absolute atomic E-state index is 12.9. The van der Waals surface area contributed by atoms with E-state index in [0.29, 0.717) is 0 Å². The van der Waals surface area contributed by atoms with E-state index < -0.39 is 11.7 Å². The van der Waals surface area contributed by atoms with Gasteiger partial charge in [0.15, 0.2) is 16.9 Å². The van der Waals surface area contributed by atoms with Crippen LogP contribution in [-0.4, -0.2) is 14.8 Å². The lowest BCUT2D eigenvalue weighted by molar-refractivity contribution is -0.475. The molecule has 1 heterocycles. The normalized spacial score (nSPS) is 11.4. The van der Waals surface area contributed by atoms with Crippen LogP contribution in [0.3, 0.4) is 0 Å². The standard InChI is InChI=1S/C12H9F3N4O/c1-7-10(19(16)20)6-17-11(18-7)8-4-2-3-5-9(8)12(13,14)15/h2-5H,1H3,(H2,16,20)/q+1. The van der Waals surface area contributed by atoms with Crippen molar-refractivity contribution in [2.75, 3.05) is 0 Å². The average molecular weight is 282 g/mol. The van der Waals surface area contributed by atoms with Crippen molar-refractivity contribution in [1.82, 2.24) is 9.97 Å². The summed E-state index contributed by atoms with van der Waals surface area (Å²) in [5.41, 5.74) is -1.02. The fourth-order valence-electron chi connectivity index (χ4n) is 1.68. The molecular formula is C12H9F3N4O+. The number of aryl methyl sites for hydroxylation is 1. The Morgan fingerprint density at radius 2 is 1.95 bits per heavy atom. The van der Waals surface area contributed by atoms with Gasteiger partial charge >= 0.3 is 11.9 Å². The average Bonchev–Trinajstić information content (AvgIpc) is 2.37. The molecule has 1 radical (unpaired) electrons. The van der Waals surface area contributed by atoms with Crippen molar-refractivity contribution in [3.8, 4) is 11.4 Å². The number of rotatable bonds is 2. The van der Waals surface area contributed by atoms with Crippen molar-refractivity contribution < 1.29 is 18.0 Å². The summed E-state index contributed by atoms with van der Waals surface area (Å²) in [4.78, 5) is 18.5. The number of hydrogen-bond acceptors (Lipinski definition) is 3. The fourth-order valence-corrected chi connectivity index (χ4v) is 1.68. The number of aromatic nitrogens is 2. The fraction of sp³-hybridized carbons (Fsp3) is 0.167. The SMILES string of the molecule is Cc1nc(-c2ccccc2C(F)(F)F)n[c]c1[N+](N)=O. The molecule has 2 aromatic rings. The molecule has 0 aliphatic rings. The summed E-state index contributed by atoms with van der Waals surface area (Å²) < 4.78 is 38.7. The third-order valence-corrected chi connectivity index (χ3v) is 2.58. The molecule has 2 N–H and O–H groups in total. The number of alkyl halides is 3. The molecule has 20 heavy (non-hydrogen) atoms. The van der Waals surface area contributed by atoms with E-state index in [1.807, 2.05) is 0 Å². The van der Waals surface area contributed by atoms with Crippen LogP contribution in [-0.2, 0) is 6.18 Å². The molecule has 103 valence electrons. The molecule has 0 atom stereocenters. The highest BCUT2D eigenvalue weighted by Gasteiger charge is 2.34. The van der Waals surface area contributed by atoms with Crippen LogP contribution in [0, 0.1) is 18.0 Å². The number of nitrogens with zero attached hydrogens (tertiary/aromatic N) is 3. The van der Waals surface area contributed by atoms with Gasteiger partial charge in [-0.05, 0) is 13.0 Å². The molecule has 0 saturated heterocycles. The Hall–Kier alpha value is -2.51. The number of nitrogens with two attached hydrogens (primary N) is 1. The van der Waals surface area contributed by atoms with Crippen molar-refractivity contribution in [3.05, 3.63) is 46.6 Å². The minimum atomic E-state index is -4.52. The third-order valence-electron chi connectivity index (χ3n) is 2.58. The maximum Gasteiger partial charge on any atom is 0.417 e. The summed E-state index contributed by atoms with van der Waals surface area (Å²) in [6, 6.07) is 4.91. The summed E-state index contributed by atoms with van der Waals surface area (Å²) in [6.07, 6.45) is -2.23. The quantitative estimate of drug-likeness (QED) is 0.522. The Morgan fingerprint density at radius 3 is 2.50 bits per heavy atom. The monoisotopic (exact) mass is 282 g/mol. The van der Waals surface area contributed by atoms with Crippen LogP contribution in [0.4, 0.5) is 18.9 Å². The molecule has 8 heteroatoms. The highest BCUT2D eigenvalue weighted by Crippen LogP contribution is 2.35. The maximum atomic E-state index is 12.9. The first-order chi connectivity index (χ1) is 9.30. The zero-order valence-corrected chi connectivity index (χ0v) is 10.3. The first-order valence-corrected chi connectivity index (χ1v) is 5.45. The Balaban J connectivity index is 2.59. The van der Waals surface area contributed by atoms with Gasteiger partial charge in [-0.25, -0.2) is 9.97 Å². The van der Waals surface area contributed by atoms with Gasteiger partial charge in [-0.15, -0.1) is 0 Å². The zero-order chi connectivity index (χ0) is 14.9. The van der Waals surface area contributed by atoms with Crippen LogP contribution in [0.15, 0.2) is 24.3 Å². The summed E-state index contributed by atoms with van der Waals surface area (Å²) in [6.45, 7) is 1.44. The van der Waals surface area contributed by atoms with Gasteiger partial charge in [-0.1, -0.05) is 18.2 Å². The van der Waals surface area contributed by atoms with E-state index in [1.54, 1.807) is 0 Å². The van der Waals surface area contributed by atoms with Crippen LogP contribution >= 0.6 is 0 Å². The first kappa shape index (κ1) is 13.9. The Kier molecular flexibility index (Phi) is 3.39. The van der Waals surface area contributed by atoms with Crippen LogP contribution in [0.1, 0.15) is 11.3 Å². The second kappa shape index (κ2) is 4.87. The minimum absolute atomic E-state index is 0.00871. The van der Waals surface area contributed by atoms with Gasteiger partial charge in [0.1, 0.15) is 5.69 Å². The smallest absolute Gasteiger partial charge is 0.226 e. The van der Waals surface area contributed by atoms with E-state index in [9.17, 15) is 18.1 Å². The van der Waals surface area contributed by atoms with E-state index in [4.69, 9.17) is 5.84 Å². The molecule has 2 rings (SSSR count). The van der Waals surface area contributed by atoms with Crippen LogP contribution in [0.2, 0.25) is 0 Å². The van der Waals surface area contributed by atoms with Crippen molar-refractivity contribution >= 4 is 5.69 Å². The van der Waals surface area contributed by atoms with Crippen molar-refractivity contribution in [3.63, 3.8) is 0 Å². The predicted octanol–water partition coefficient (Wildman–Crippen LogP) is 2.56. The number of hydrogen-bond donors (Lipinski definition) is 1.